The molecule has 0 saturated heterocycles. The summed E-state index contributed by atoms with van der Waals surface area (Å²) in [4.78, 5) is 12.0. The highest BCUT2D eigenvalue weighted by molar-refractivity contribution is 6.00. The van der Waals surface area contributed by atoms with Gasteiger partial charge in [-0.1, -0.05) is 5.16 Å². The number of amides is 2. The second kappa shape index (κ2) is 6.11. The maximum absolute atomic E-state index is 13.7. The summed E-state index contributed by atoms with van der Waals surface area (Å²) >= 11 is 0. The van der Waals surface area contributed by atoms with Gasteiger partial charge in [0.1, 0.15) is 11.6 Å². The van der Waals surface area contributed by atoms with Gasteiger partial charge in [0.2, 0.25) is 0 Å². The number of hydrogen-bond donors (Lipinski definition) is 3. The third-order valence-corrected chi connectivity index (χ3v) is 3.31. The Labute approximate surface area is 135 Å². The lowest BCUT2D eigenvalue weighted by molar-refractivity contribution is 0.262. The molecule has 0 atom stereocenters. The average molecular weight is 333 g/mol. The van der Waals surface area contributed by atoms with Gasteiger partial charge < -0.3 is 9.84 Å². The number of aromatic nitrogens is 3. The number of halogens is 2. The normalized spacial score (nSPS) is 10.7. The first-order chi connectivity index (χ1) is 11.4. The van der Waals surface area contributed by atoms with Gasteiger partial charge in [0.25, 0.3) is 0 Å². The molecule has 2 aromatic heterocycles. The van der Waals surface area contributed by atoms with E-state index in [1.165, 1.54) is 12.1 Å². The van der Waals surface area contributed by atoms with Gasteiger partial charge in [-0.15, -0.1) is 0 Å². The van der Waals surface area contributed by atoms with Crippen molar-refractivity contribution in [3.8, 4) is 11.3 Å². The fourth-order valence-corrected chi connectivity index (χ4v) is 2.15. The van der Waals surface area contributed by atoms with Gasteiger partial charge >= 0.3 is 6.03 Å². The van der Waals surface area contributed by atoms with Crippen LogP contribution >= 0.6 is 0 Å². The number of anilines is 2. The number of H-pyrrole nitrogens is 1. The van der Waals surface area contributed by atoms with Gasteiger partial charge in [-0.25, -0.2) is 13.6 Å². The number of carbonyl (C=O) groups excluding carboxylic acids is 1. The summed E-state index contributed by atoms with van der Waals surface area (Å²) in [6, 6.07) is 3.85. The molecule has 7 nitrogen and oxygen atoms in total. The van der Waals surface area contributed by atoms with Gasteiger partial charge in [-0.05, 0) is 26.0 Å². The molecule has 9 heteroatoms. The topological polar surface area (TPSA) is 95.8 Å². The van der Waals surface area contributed by atoms with Crippen LogP contribution in [0.15, 0.2) is 28.8 Å². The van der Waals surface area contributed by atoms with Crippen LogP contribution in [0, 0.1) is 25.5 Å². The summed E-state index contributed by atoms with van der Waals surface area (Å²) < 4.78 is 31.6. The Bertz CT molecular complexity index is 884. The standard InChI is InChI=1S/C15H13F2N5O2/c1-7-14(8(2)21-20-7)19-15(23)18-13-6-12(24-22-13)10-4-3-9(16)5-11(10)17/h3-6H,1-2H3,(H,20,21)(H2,18,19,22,23). The van der Waals surface area contributed by atoms with E-state index in [0.717, 1.165) is 12.1 Å². The summed E-state index contributed by atoms with van der Waals surface area (Å²) in [5.74, 6) is -1.32. The second-order valence-electron chi connectivity index (χ2n) is 5.09. The molecule has 0 bridgehead atoms. The molecule has 3 aromatic rings. The first kappa shape index (κ1) is 15.7. The van der Waals surface area contributed by atoms with Crippen molar-refractivity contribution in [2.75, 3.05) is 10.6 Å². The lowest BCUT2D eigenvalue weighted by Gasteiger charge is -2.04. The minimum Gasteiger partial charge on any atom is -0.354 e. The Balaban J connectivity index is 1.73. The van der Waals surface area contributed by atoms with Crippen LogP contribution in [-0.2, 0) is 0 Å². The lowest BCUT2D eigenvalue weighted by Crippen LogP contribution is -2.20. The Morgan fingerprint density at radius 1 is 1.21 bits per heavy atom. The monoisotopic (exact) mass is 333 g/mol. The fraction of sp³-hybridized carbons (Fsp3) is 0.133. The smallest absolute Gasteiger partial charge is 0.325 e. The van der Waals surface area contributed by atoms with Crippen LogP contribution < -0.4 is 10.6 Å². The molecule has 0 aliphatic rings. The van der Waals surface area contributed by atoms with E-state index in [9.17, 15) is 13.6 Å². The largest absolute Gasteiger partial charge is 0.354 e. The van der Waals surface area contributed by atoms with Crippen molar-refractivity contribution in [1.29, 1.82) is 0 Å². The highest BCUT2D eigenvalue weighted by Crippen LogP contribution is 2.26. The summed E-state index contributed by atoms with van der Waals surface area (Å²) in [5.41, 5.74) is 1.94. The van der Waals surface area contributed by atoms with Crippen molar-refractivity contribution in [2.45, 2.75) is 13.8 Å². The van der Waals surface area contributed by atoms with Crippen LogP contribution in [0.2, 0.25) is 0 Å². The number of aromatic amines is 1. The number of hydrogen-bond acceptors (Lipinski definition) is 4. The molecule has 0 aliphatic carbocycles. The quantitative estimate of drug-likeness (QED) is 0.682. The van der Waals surface area contributed by atoms with E-state index in [4.69, 9.17) is 4.52 Å². The molecule has 2 heterocycles. The van der Waals surface area contributed by atoms with Gasteiger partial charge in [0.05, 0.1) is 22.6 Å². The molecule has 0 unspecified atom stereocenters. The molecular weight excluding hydrogens is 320 g/mol. The van der Waals surface area contributed by atoms with E-state index in [0.29, 0.717) is 17.1 Å². The molecule has 3 N–H and O–H groups in total. The Morgan fingerprint density at radius 3 is 2.67 bits per heavy atom. The fourth-order valence-electron chi connectivity index (χ4n) is 2.15. The third-order valence-electron chi connectivity index (χ3n) is 3.31. The maximum Gasteiger partial charge on any atom is 0.325 e. The molecule has 24 heavy (non-hydrogen) atoms. The summed E-state index contributed by atoms with van der Waals surface area (Å²) in [6.07, 6.45) is 0. The van der Waals surface area contributed by atoms with E-state index >= 15 is 0 Å². The van der Waals surface area contributed by atoms with Crippen LogP contribution in [0.4, 0.5) is 25.1 Å². The number of benzene rings is 1. The van der Waals surface area contributed by atoms with E-state index < -0.39 is 17.7 Å². The molecule has 1 aromatic carbocycles. The molecule has 0 radical (unpaired) electrons. The minimum absolute atomic E-state index is 0.0406. The van der Waals surface area contributed by atoms with Crippen molar-refractivity contribution in [2.24, 2.45) is 0 Å². The molecule has 0 spiro atoms. The molecular formula is C15H13F2N5O2. The Morgan fingerprint density at radius 2 is 2.00 bits per heavy atom. The Hall–Kier alpha value is -3.23. The van der Waals surface area contributed by atoms with Crippen LogP contribution in [-0.4, -0.2) is 21.4 Å². The van der Waals surface area contributed by atoms with Gasteiger partial charge in [-0.2, -0.15) is 5.10 Å². The molecule has 0 saturated carbocycles. The van der Waals surface area contributed by atoms with Gasteiger partial charge in [0.15, 0.2) is 11.6 Å². The van der Waals surface area contributed by atoms with Crippen LogP contribution in [0.25, 0.3) is 11.3 Å². The molecule has 0 fully saturated rings. The average Bonchev–Trinajstić information content (AvgIpc) is 3.09. The third kappa shape index (κ3) is 3.09. The van der Waals surface area contributed by atoms with Crippen molar-refractivity contribution in [3.63, 3.8) is 0 Å². The van der Waals surface area contributed by atoms with Crippen LogP contribution in [0.3, 0.4) is 0 Å². The zero-order valence-corrected chi connectivity index (χ0v) is 12.8. The number of nitrogens with one attached hydrogen (secondary N) is 3. The first-order valence-corrected chi connectivity index (χ1v) is 6.95. The number of carbonyl (C=O) groups is 1. The zero-order valence-electron chi connectivity index (χ0n) is 12.8. The van der Waals surface area contributed by atoms with E-state index in [2.05, 4.69) is 26.0 Å². The number of rotatable bonds is 3. The summed E-state index contributed by atoms with van der Waals surface area (Å²) in [7, 11) is 0. The van der Waals surface area contributed by atoms with E-state index in [1.807, 2.05) is 0 Å². The first-order valence-electron chi connectivity index (χ1n) is 6.95. The molecule has 124 valence electrons. The van der Waals surface area contributed by atoms with Crippen molar-refractivity contribution < 1.29 is 18.1 Å². The van der Waals surface area contributed by atoms with Crippen molar-refractivity contribution >= 4 is 17.5 Å². The number of nitrogens with zero attached hydrogens (tertiary/aromatic N) is 2. The van der Waals surface area contributed by atoms with E-state index in [1.54, 1.807) is 13.8 Å². The lowest BCUT2D eigenvalue weighted by atomic mass is 10.1. The second-order valence-corrected chi connectivity index (χ2v) is 5.09. The maximum atomic E-state index is 13.7. The predicted molar refractivity (Wildman–Crippen MR) is 82.6 cm³/mol. The zero-order chi connectivity index (χ0) is 17.3. The highest BCUT2D eigenvalue weighted by Gasteiger charge is 2.15. The van der Waals surface area contributed by atoms with E-state index in [-0.39, 0.29) is 17.1 Å². The molecule has 0 aliphatic heterocycles. The SMILES string of the molecule is Cc1n[nH]c(C)c1NC(=O)Nc1cc(-c2ccc(F)cc2F)on1. The highest BCUT2D eigenvalue weighted by atomic mass is 19.1. The van der Waals surface area contributed by atoms with Crippen LogP contribution in [0.1, 0.15) is 11.4 Å². The van der Waals surface area contributed by atoms with Gasteiger partial charge in [0, 0.05) is 12.1 Å². The van der Waals surface area contributed by atoms with Gasteiger partial charge in [-0.3, -0.25) is 10.4 Å². The number of urea groups is 1. The summed E-state index contributed by atoms with van der Waals surface area (Å²) in [6.45, 7) is 3.51. The van der Waals surface area contributed by atoms with Crippen molar-refractivity contribution in [1.82, 2.24) is 15.4 Å². The minimum atomic E-state index is -0.785. The molecule has 3 rings (SSSR count). The molecule has 2 amide bonds. The summed E-state index contributed by atoms with van der Waals surface area (Å²) in [5, 5.41) is 15.4. The van der Waals surface area contributed by atoms with Crippen LogP contribution in [0.5, 0.6) is 0 Å². The predicted octanol–water partition coefficient (Wildman–Crippen LogP) is 3.60. The number of aryl methyl sites for hydroxylation is 2. The Kier molecular flexibility index (Phi) is 3.98. The van der Waals surface area contributed by atoms with Crippen molar-refractivity contribution in [3.05, 3.63) is 47.3 Å².